The molecule has 0 radical (unpaired) electrons. The van der Waals surface area contributed by atoms with Crippen LogP contribution in [0.2, 0.25) is 0 Å². The van der Waals surface area contributed by atoms with Crippen LogP contribution in [0.4, 0.5) is 13.2 Å². The highest BCUT2D eigenvalue weighted by atomic mass is 35.5. The standard InChI is InChI=1S/C10H11BClF3O2.C10H18O2/c12-9(11(16)17)5-4-7-2-1-3-8(6-7)10(13,14)15;1-8(2)7-4-5-9(3,11)10(8,12)6-7/h1-3,6,9,16-17H,4-5H2;7,11-12H,4-6H2,1-3H3/t9-;/m1./s1. The van der Waals surface area contributed by atoms with Crippen molar-refractivity contribution in [2.45, 2.75) is 75.5 Å². The minimum absolute atomic E-state index is 0.0885. The Bertz CT molecular complexity index is 701. The van der Waals surface area contributed by atoms with Crippen LogP contribution in [-0.2, 0) is 12.6 Å². The second-order valence-corrected chi connectivity index (χ2v) is 9.52. The van der Waals surface area contributed by atoms with E-state index in [1.54, 1.807) is 13.0 Å². The van der Waals surface area contributed by atoms with Gasteiger partial charge in [0.05, 0.1) is 22.0 Å². The largest absolute Gasteiger partial charge is 0.470 e. The Balaban J connectivity index is 0.000000218. The van der Waals surface area contributed by atoms with Crippen LogP contribution in [0.1, 0.15) is 57.6 Å². The Kier molecular flexibility index (Phi) is 7.08. The molecule has 0 aromatic heterocycles. The highest BCUT2D eigenvalue weighted by molar-refractivity contribution is 6.57. The first-order valence-electron chi connectivity index (χ1n) is 9.73. The molecule has 4 rings (SSSR count). The Morgan fingerprint density at radius 3 is 2.28 bits per heavy atom. The first kappa shape index (κ1) is 24.5. The van der Waals surface area contributed by atoms with Gasteiger partial charge in [-0.15, -0.1) is 11.6 Å². The van der Waals surface area contributed by atoms with Crippen LogP contribution in [0.25, 0.3) is 0 Å². The van der Waals surface area contributed by atoms with Crippen molar-refractivity contribution in [2.24, 2.45) is 11.3 Å². The predicted octanol–water partition coefficient (Wildman–Crippen LogP) is 3.57. The van der Waals surface area contributed by atoms with Crippen LogP contribution in [0.5, 0.6) is 0 Å². The van der Waals surface area contributed by atoms with Gasteiger partial charge >= 0.3 is 13.3 Å². The molecule has 9 heteroatoms. The molecule has 3 unspecified atom stereocenters. The first-order valence-corrected chi connectivity index (χ1v) is 10.2. The summed E-state index contributed by atoms with van der Waals surface area (Å²) in [6, 6.07) is 4.88. The summed E-state index contributed by atoms with van der Waals surface area (Å²) in [6.45, 7) is 5.90. The fourth-order valence-electron chi connectivity index (χ4n) is 4.48. The second kappa shape index (κ2) is 8.38. The van der Waals surface area contributed by atoms with Gasteiger partial charge < -0.3 is 20.3 Å². The van der Waals surface area contributed by atoms with Crippen LogP contribution < -0.4 is 0 Å². The van der Waals surface area contributed by atoms with Crippen LogP contribution in [0.15, 0.2) is 24.3 Å². The third-order valence-corrected chi connectivity index (χ3v) is 7.23. The van der Waals surface area contributed by atoms with Gasteiger partial charge in [0.2, 0.25) is 0 Å². The molecule has 4 nitrogen and oxygen atoms in total. The van der Waals surface area contributed by atoms with E-state index < -0.39 is 35.3 Å². The number of rotatable bonds is 4. The summed E-state index contributed by atoms with van der Waals surface area (Å²) in [5, 5.41) is 36.8. The highest BCUT2D eigenvalue weighted by Crippen LogP contribution is 2.65. The zero-order chi connectivity index (χ0) is 22.3. The van der Waals surface area contributed by atoms with Crippen molar-refractivity contribution in [2.75, 3.05) is 0 Å². The lowest BCUT2D eigenvalue weighted by Gasteiger charge is -2.68. The first-order chi connectivity index (χ1) is 13.1. The molecule has 3 aliphatic carbocycles. The van der Waals surface area contributed by atoms with Crippen LogP contribution >= 0.6 is 11.6 Å². The van der Waals surface area contributed by atoms with E-state index in [1.807, 2.05) is 0 Å². The third kappa shape index (κ3) is 4.93. The van der Waals surface area contributed by atoms with Crippen molar-refractivity contribution in [3.8, 4) is 0 Å². The summed E-state index contributed by atoms with van der Waals surface area (Å²) >= 11 is 5.57. The molecular weight excluding hydrogens is 407 g/mol. The maximum atomic E-state index is 12.4. The molecule has 0 saturated heterocycles. The number of alkyl halides is 4. The third-order valence-electron chi connectivity index (χ3n) is 6.79. The van der Waals surface area contributed by atoms with Gasteiger partial charge in [-0.05, 0) is 62.0 Å². The van der Waals surface area contributed by atoms with E-state index >= 15 is 0 Å². The molecule has 4 atom stereocenters. The molecule has 0 spiro atoms. The monoisotopic (exact) mass is 436 g/mol. The molecule has 3 fully saturated rings. The van der Waals surface area contributed by atoms with Crippen molar-refractivity contribution < 1.29 is 33.4 Å². The smallest absolute Gasteiger partial charge is 0.426 e. The second-order valence-electron chi connectivity index (χ2n) is 8.96. The molecule has 0 amide bonds. The minimum atomic E-state index is -4.37. The quantitative estimate of drug-likeness (QED) is 0.430. The molecule has 0 aliphatic heterocycles. The van der Waals surface area contributed by atoms with E-state index in [9.17, 15) is 23.4 Å². The van der Waals surface area contributed by atoms with Crippen molar-refractivity contribution in [1.29, 1.82) is 0 Å². The summed E-state index contributed by atoms with van der Waals surface area (Å²) in [4.78, 5) is 0. The van der Waals surface area contributed by atoms with Gasteiger partial charge in [-0.3, -0.25) is 0 Å². The lowest BCUT2D eigenvalue weighted by molar-refractivity contribution is -0.312. The van der Waals surface area contributed by atoms with E-state index in [-0.39, 0.29) is 18.3 Å². The molecule has 29 heavy (non-hydrogen) atoms. The molecule has 1 aromatic carbocycles. The zero-order valence-corrected chi connectivity index (χ0v) is 17.6. The van der Waals surface area contributed by atoms with Gasteiger partial charge in [-0.2, -0.15) is 13.2 Å². The Hall–Kier alpha value is -0.795. The lowest BCUT2D eigenvalue weighted by atomic mass is 9.41. The number of aryl methyl sites for hydroxylation is 1. The SMILES string of the molecule is CC1(O)CCC2CC1(O)C2(C)C.OB(O)[C@H](Cl)CCc1cccc(C(F)(F)F)c1. The average Bonchev–Trinajstić information content (AvgIpc) is 2.61. The number of hydrogen-bond donors (Lipinski definition) is 4. The van der Waals surface area contributed by atoms with Crippen LogP contribution in [-0.4, -0.2) is 43.9 Å². The van der Waals surface area contributed by atoms with Crippen molar-refractivity contribution in [3.63, 3.8) is 0 Å². The van der Waals surface area contributed by atoms with Gasteiger partial charge in [0, 0.05) is 0 Å². The summed E-state index contributed by atoms with van der Waals surface area (Å²) < 4.78 is 37.2. The summed E-state index contributed by atoms with van der Waals surface area (Å²) in [5.41, 5.74) is -2.04. The van der Waals surface area contributed by atoms with E-state index in [2.05, 4.69) is 13.8 Å². The molecule has 1 aromatic rings. The van der Waals surface area contributed by atoms with Crippen molar-refractivity contribution in [3.05, 3.63) is 35.4 Å². The van der Waals surface area contributed by atoms with Gasteiger partial charge in [0.15, 0.2) is 0 Å². The normalized spacial score (nSPS) is 31.2. The minimum Gasteiger partial charge on any atom is -0.426 e. The van der Waals surface area contributed by atoms with Gasteiger partial charge in [-0.25, -0.2) is 0 Å². The number of benzene rings is 1. The molecule has 0 heterocycles. The molecule has 3 saturated carbocycles. The summed E-state index contributed by atoms with van der Waals surface area (Å²) in [6.07, 6.45) is -1.32. The number of hydrogen-bond acceptors (Lipinski definition) is 4. The average molecular weight is 437 g/mol. The summed E-state index contributed by atoms with van der Waals surface area (Å²) in [7, 11) is -1.66. The number of aliphatic hydroxyl groups is 2. The fourth-order valence-corrected chi connectivity index (χ4v) is 4.59. The Morgan fingerprint density at radius 2 is 1.83 bits per heavy atom. The molecule has 3 aliphatic rings. The van der Waals surface area contributed by atoms with E-state index in [4.69, 9.17) is 21.6 Å². The lowest BCUT2D eigenvalue weighted by Crippen LogP contribution is -2.74. The number of fused-ring (bicyclic) bond motifs is 2. The van der Waals surface area contributed by atoms with Crippen molar-refractivity contribution >= 4 is 18.7 Å². The molecule has 2 bridgehead atoms. The number of halogens is 4. The predicted molar refractivity (Wildman–Crippen MR) is 106 cm³/mol. The fraction of sp³-hybridized carbons (Fsp3) is 0.700. The molecule has 4 N–H and O–H groups in total. The van der Waals surface area contributed by atoms with Gasteiger partial charge in [-0.1, -0.05) is 32.0 Å². The Morgan fingerprint density at radius 1 is 1.21 bits per heavy atom. The van der Waals surface area contributed by atoms with E-state index in [0.29, 0.717) is 11.5 Å². The van der Waals surface area contributed by atoms with Gasteiger partial charge in [0.1, 0.15) is 0 Å². The maximum absolute atomic E-state index is 12.4. The topological polar surface area (TPSA) is 80.9 Å². The molecular formula is C20H29BClF3O4. The molecule has 164 valence electrons. The van der Waals surface area contributed by atoms with Crippen molar-refractivity contribution in [1.82, 2.24) is 0 Å². The Labute approximate surface area is 174 Å². The summed E-state index contributed by atoms with van der Waals surface area (Å²) in [5.74, 6) is 0.614. The van der Waals surface area contributed by atoms with E-state index in [0.717, 1.165) is 31.4 Å². The highest BCUT2D eigenvalue weighted by Gasteiger charge is 2.69. The van der Waals surface area contributed by atoms with Crippen LogP contribution in [0, 0.1) is 11.3 Å². The van der Waals surface area contributed by atoms with E-state index in [1.165, 1.54) is 6.07 Å². The van der Waals surface area contributed by atoms with Gasteiger partial charge in [0.25, 0.3) is 0 Å². The van der Waals surface area contributed by atoms with Crippen LogP contribution in [0.3, 0.4) is 0 Å². The zero-order valence-electron chi connectivity index (χ0n) is 16.9. The maximum Gasteiger partial charge on any atom is 0.470 e.